The number of halogens is 2. The highest BCUT2D eigenvalue weighted by Gasteiger charge is 2.68. The summed E-state index contributed by atoms with van der Waals surface area (Å²) in [6.45, 7) is 3.47. The number of carbonyl (C=O) groups is 1. The molecule has 0 aliphatic heterocycles. The number of hydrogen-bond acceptors (Lipinski definition) is 3. The Bertz CT molecular complexity index is 380. The molecule has 0 aromatic carbocycles. The summed E-state index contributed by atoms with van der Waals surface area (Å²) >= 11 is 4.95. The first-order valence-corrected chi connectivity index (χ1v) is 8.31. The van der Waals surface area contributed by atoms with Crippen molar-refractivity contribution >= 4 is 51.2 Å². The number of esters is 1. The van der Waals surface area contributed by atoms with E-state index in [0.717, 1.165) is 32.1 Å². The number of rotatable bonds is 2. The molecular weight excluding hydrogens is 458 g/mol. The van der Waals surface area contributed by atoms with Crippen molar-refractivity contribution in [3.8, 4) is 0 Å². The molecule has 0 aromatic rings. The second kappa shape index (κ2) is 3.84. The molecule has 2 atom stereocenters. The molecule has 3 nitrogen and oxygen atoms in total. The van der Waals surface area contributed by atoms with Crippen LogP contribution in [-0.4, -0.2) is 29.1 Å². The SMILES string of the molecule is C=CC(=O)OC12CC3(O)CC(I)(CC(I)(C3)C1)C2. The lowest BCUT2D eigenvalue weighted by Gasteiger charge is -2.65. The molecule has 18 heavy (non-hydrogen) atoms. The Hall–Kier alpha value is 0.630. The molecule has 2 unspecified atom stereocenters. The predicted octanol–water partition coefficient (Wildman–Crippen LogP) is 2.91. The van der Waals surface area contributed by atoms with E-state index in [9.17, 15) is 9.90 Å². The van der Waals surface area contributed by atoms with Crippen molar-refractivity contribution in [1.82, 2.24) is 0 Å². The zero-order valence-electron chi connectivity index (χ0n) is 10.0. The highest BCUT2D eigenvalue weighted by Crippen LogP contribution is 2.67. The molecule has 0 saturated heterocycles. The fourth-order valence-corrected chi connectivity index (χ4v) is 9.61. The van der Waals surface area contributed by atoms with E-state index in [1.54, 1.807) is 0 Å². The van der Waals surface area contributed by atoms with Gasteiger partial charge in [-0.3, -0.25) is 0 Å². The van der Waals surface area contributed by atoms with Gasteiger partial charge in [-0.25, -0.2) is 4.79 Å². The van der Waals surface area contributed by atoms with Gasteiger partial charge in [0.05, 0.1) is 5.60 Å². The summed E-state index contributed by atoms with van der Waals surface area (Å²) in [5.41, 5.74) is -1.13. The molecule has 0 radical (unpaired) electrons. The number of aliphatic hydroxyl groups is 1. The summed E-state index contributed by atoms with van der Waals surface area (Å²) in [6.07, 6.45) is 6.33. The van der Waals surface area contributed by atoms with Crippen LogP contribution < -0.4 is 0 Å². The van der Waals surface area contributed by atoms with Gasteiger partial charge >= 0.3 is 5.97 Å². The number of carbonyl (C=O) groups excluding carboxylic acids is 1. The highest BCUT2D eigenvalue weighted by molar-refractivity contribution is 14.1. The average molecular weight is 474 g/mol. The lowest BCUT2D eigenvalue weighted by molar-refractivity contribution is -0.200. The van der Waals surface area contributed by atoms with E-state index in [4.69, 9.17) is 4.74 Å². The Morgan fingerprint density at radius 1 is 1.11 bits per heavy atom. The molecule has 4 bridgehead atoms. The van der Waals surface area contributed by atoms with Crippen molar-refractivity contribution in [3.63, 3.8) is 0 Å². The molecule has 100 valence electrons. The van der Waals surface area contributed by atoms with Gasteiger partial charge in [0.15, 0.2) is 0 Å². The van der Waals surface area contributed by atoms with Crippen molar-refractivity contribution in [2.45, 2.75) is 56.6 Å². The van der Waals surface area contributed by atoms with E-state index >= 15 is 0 Å². The molecule has 0 amide bonds. The molecule has 4 rings (SSSR count). The van der Waals surface area contributed by atoms with Crippen molar-refractivity contribution in [1.29, 1.82) is 0 Å². The Morgan fingerprint density at radius 2 is 1.67 bits per heavy atom. The van der Waals surface area contributed by atoms with Crippen LogP contribution in [0.1, 0.15) is 38.5 Å². The minimum absolute atomic E-state index is 0.0733. The topological polar surface area (TPSA) is 46.5 Å². The molecule has 5 heteroatoms. The molecule has 1 N–H and O–H groups in total. The molecule has 4 saturated carbocycles. The summed E-state index contributed by atoms with van der Waals surface area (Å²) in [5, 5.41) is 10.8. The first-order chi connectivity index (χ1) is 8.20. The smallest absolute Gasteiger partial charge is 0.330 e. The summed E-state index contributed by atoms with van der Waals surface area (Å²) < 4.78 is 5.82. The van der Waals surface area contributed by atoms with E-state index in [2.05, 4.69) is 51.8 Å². The Labute approximate surface area is 134 Å². The molecule has 0 aromatic heterocycles. The lowest BCUT2D eigenvalue weighted by atomic mass is 9.52. The van der Waals surface area contributed by atoms with Gasteiger partial charge in [-0.1, -0.05) is 51.8 Å². The number of alkyl halides is 2. The largest absolute Gasteiger partial charge is 0.456 e. The zero-order valence-corrected chi connectivity index (χ0v) is 14.4. The summed E-state index contributed by atoms with van der Waals surface area (Å²) in [6, 6.07) is 0. The van der Waals surface area contributed by atoms with Crippen LogP contribution in [0.15, 0.2) is 12.7 Å². The van der Waals surface area contributed by atoms with Crippen LogP contribution in [0.2, 0.25) is 0 Å². The maximum Gasteiger partial charge on any atom is 0.330 e. The maximum absolute atomic E-state index is 11.6. The molecule has 4 aliphatic carbocycles. The third-order valence-corrected chi connectivity index (χ3v) is 6.63. The minimum atomic E-state index is -0.654. The van der Waals surface area contributed by atoms with E-state index in [1.165, 1.54) is 6.08 Å². The summed E-state index contributed by atoms with van der Waals surface area (Å²) in [5.74, 6) is -0.361. The van der Waals surface area contributed by atoms with Crippen molar-refractivity contribution in [2.75, 3.05) is 0 Å². The van der Waals surface area contributed by atoms with Gasteiger partial charge in [0.2, 0.25) is 0 Å². The van der Waals surface area contributed by atoms with Crippen LogP contribution in [0.4, 0.5) is 0 Å². The van der Waals surface area contributed by atoms with E-state index in [1.807, 2.05) is 0 Å². The van der Waals surface area contributed by atoms with Crippen LogP contribution in [-0.2, 0) is 9.53 Å². The Balaban J connectivity index is 1.98. The van der Waals surface area contributed by atoms with Crippen LogP contribution in [0.3, 0.4) is 0 Å². The number of hydrogen-bond donors (Lipinski definition) is 1. The monoisotopic (exact) mass is 474 g/mol. The van der Waals surface area contributed by atoms with Gasteiger partial charge in [0, 0.05) is 32.2 Å². The van der Waals surface area contributed by atoms with Gasteiger partial charge in [-0.05, 0) is 19.3 Å². The molecular formula is C13H16I2O3. The Morgan fingerprint density at radius 3 is 2.11 bits per heavy atom. The van der Waals surface area contributed by atoms with Crippen molar-refractivity contribution in [2.24, 2.45) is 0 Å². The average Bonchev–Trinajstić information content (AvgIpc) is 2.08. The standard InChI is InChI=1S/C13H16I2O3/c1-2-9(16)18-13-6-10(14)3-11(15,7-13)5-12(17,4-10)8-13/h2,17H,1,3-8H2. The first kappa shape index (κ1) is 13.6. The fraction of sp³-hybridized carbons (Fsp3) is 0.769. The van der Waals surface area contributed by atoms with Crippen LogP contribution >= 0.6 is 45.2 Å². The van der Waals surface area contributed by atoms with Gasteiger partial charge in [-0.15, -0.1) is 0 Å². The first-order valence-electron chi connectivity index (χ1n) is 6.15. The summed E-state index contributed by atoms with van der Waals surface area (Å²) in [4.78, 5) is 11.6. The fourth-order valence-electron chi connectivity index (χ4n) is 4.62. The third-order valence-electron chi connectivity index (χ3n) is 4.34. The second-order valence-electron chi connectivity index (χ2n) is 6.40. The van der Waals surface area contributed by atoms with E-state index in [-0.39, 0.29) is 12.8 Å². The second-order valence-corrected chi connectivity index (χ2v) is 11.0. The molecule has 0 heterocycles. The van der Waals surface area contributed by atoms with Crippen LogP contribution in [0.5, 0.6) is 0 Å². The highest BCUT2D eigenvalue weighted by atomic mass is 127. The van der Waals surface area contributed by atoms with Gasteiger partial charge in [0.25, 0.3) is 0 Å². The lowest BCUT2D eigenvalue weighted by Crippen LogP contribution is -2.69. The van der Waals surface area contributed by atoms with E-state index < -0.39 is 11.2 Å². The molecule has 4 aliphatic rings. The Kier molecular flexibility index (Phi) is 2.90. The minimum Gasteiger partial charge on any atom is -0.456 e. The zero-order chi connectivity index (χ0) is 13.2. The normalized spacial score (nSPS) is 53.3. The van der Waals surface area contributed by atoms with Crippen molar-refractivity contribution < 1.29 is 14.6 Å². The van der Waals surface area contributed by atoms with Crippen molar-refractivity contribution in [3.05, 3.63) is 12.7 Å². The maximum atomic E-state index is 11.6. The molecule has 4 fully saturated rings. The quantitative estimate of drug-likeness (QED) is 0.290. The van der Waals surface area contributed by atoms with Gasteiger partial charge in [0.1, 0.15) is 5.60 Å². The number of ether oxygens (including phenoxy) is 1. The third kappa shape index (κ3) is 2.13. The van der Waals surface area contributed by atoms with Crippen LogP contribution in [0.25, 0.3) is 0 Å². The van der Waals surface area contributed by atoms with Crippen LogP contribution in [0, 0.1) is 0 Å². The summed E-state index contributed by atoms with van der Waals surface area (Å²) in [7, 11) is 0. The van der Waals surface area contributed by atoms with E-state index in [0.29, 0.717) is 6.42 Å². The molecule has 0 spiro atoms. The van der Waals surface area contributed by atoms with Gasteiger partial charge in [-0.2, -0.15) is 0 Å². The van der Waals surface area contributed by atoms with Gasteiger partial charge < -0.3 is 9.84 Å². The predicted molar refractivity (Wildman–Crippen MR) is 85.2 cm³/mol.